The lowest BCUT2D eigenvalue weighted by Crippen LogP contribution is -2.38. The van der Waals surface area contributed by atoms with E-state index in [1.54, 1.807) is 33.4 Å². The first-order chi connectivity index (χ1) is 18.7. The lowest BCUT2D eigenvalue weighted by atomic mass is 9.57. The fraction of sp³-hybridized carbons (Fsp3) is 0.721. The van der Waals surface area contributed by atoms with Crippen molar-refractivity contribution in [2.45, 2.75) is 203 Å². The molecule has 0 aliphatic heterocycles. The molecular formula is C43H72. The smallest absolute Gasteiger partial charge is 0.0126 e. The highest BCUT2D eigenvalue weighted by atomic mass is 14.5. The molecule has 1 atom stereocenters. The molecule has 0 aromatic heterocycles. The van der Waals surface area contributed by atoms with Crippen LogP contribution in [0.15, 0.2) is 18.2 Å². The first-order valence-electron chi connectivity index (χ1n) is 17.1. The first-order valence-corrected chi connectivity index (χ1v) is 17.1. The van der Waals surface area contributed by atoms with Gasteiger partial charge in [0.2, 0.25) is 0 Å². The van der Waals surface area contributed by atoms with Crippen molar-refractivity contribution >= 4 is 0 Å². The molecule has 0 radical (unpaired) electrons. The first kappa shape index (κ1) is 37.6. The van der Waals surface area contributed by atoms with Crippen molar-refractivity contribution in [3.63, 3.8) is 0 Å². The van der Waals surface area contributed by atoms with Gasteiger partial charge in [-0.05, 0) is 100 Å². The third-order valence-electron chi connectivity index (χ3n) is 9.09. The fourth-order valence-corrected chi connectivity index (χ4v) is 7.42. The van der Waals surface area contributed by atoms with E-state index in [0.29, 0.717) is 5.92 Å². The van der Waals surface area contributed by atoms with Gasteiger partial charge >= 0.3 is 0 Å². The molecular weight excluding hydrogens is 516 g/mol. The molecule has 0 saturated carbocycles. The van der Waals surface area contributed by atoms with Crippen LogP contribution in [0.25, 0.3) is 0 Å². The topological polar surface area (TPSA) is 0 Å². The van der Waals surface area contributed by atoms with Crippen molar-refractivity contribution in [3.8, 4) is 0 Å². The van der Waals surface area contributed by atoms with Crippen LogP contribution in [0.4, 0.5) is 0 Å². The maximum absolute atomic E-state index is 2.53. The second-order valence-electron chi connectivity index (χ2n) is 21.0. The van der Waals surface area contributed by atoms with E-state index in [1.807, 2.05) is 0 Å². The third-order valence-corrected chi connectivity index (χ3v) is 9.09. The maximum Gasteiger partial charge on any atom is -0.0126 e. The average molecular weight is 589 g/mol. The molecule has 2 aromatic carbocycles. The van der Waals surface area contributed by atoms with Crippen molar-refractivity contribution in [3.05, 3.63) is 68.3 Å². The molecule has 2 rings (SSSR count). The van der Waals surface area contributed by atoms with Crippen molar-refractivity contribution in [2.75, 3.05) is 0 Å². The van der Waals surface area contributed by atoms with Crippen molar-refractivity contribution in [1.82, 2.24) is 0 Å². The Balaban J connectivity index is 3.27. The Bertz CT molecular complexity index is 1240. The lowest BCUT2D eigenvalue weighted by molar-refractivity contribution is 0.449. The summed E-state index contributed by atoms with van der Waals surface area (Å²) in [5, 5.41) is 0. The van der Waals surface area contributed by atoms with Crippen LogP contribution in [-0.4, -0.2) is 0 Å². The van der Waals surface area contributed by atoms with E-state index in [2.05, 4.69) is 171 Å². The summed E-state index contributed by atoms with van der Waals surface area (Å²) in [6, 6.07) is 7.38. The van der Waals surface area contributed by atoms with E-state index < -0.39 is 0 Å². The number of rotatable bonds is 3. The fourth-order valence-electron chi connectivity index (χ4n) is 7.42. The highest BCUT2D eigenvalue weighted by Crippen LogP contribution is 2.53. The van der Waals surface area contributed by atoms with E-state index in [4.69, 9.17) is 0 Å². The zero-order chi connectivity index (χ0) is 34.1. The van der Waals surface area contributed by atoms with E-state index in [-0.39, 0.29) is 37.9 Å². The summed E-state index contributed by atoms with van der Waals surface area (Å²) >= 11 is 0. The Kier molecular flexibility index (Phi) is 9.93. The van der Waals surface area contributed by atoms with E-state index in [1.165, 1.54) is 16.7 Å². The van der Waals surface area contributed by atoms with Gasteiger partial charge in [0, 0.05) is 0 Å². The molecule has 0 nitrogen and oxygen atoms in total. The van der Waals surface area contributed by atoms with Gasteiger partial charge in [0.05, 0.1) is 0 Å². The quantitative estimate of drug-likeness (QED) is 0.334. The predicted octanol–water partition coefficient (Wildman–Crippen LogP) is 13.1. The molecule has 0 bridgehead atoms. The van der Waals surface area contributed by atoms with Gasteiger partial charge in [-0.25, -0.2) is 0 Å². The number of hydrogen-bond donors (Lipinski definition) is 0. The maximum atomic E-state index is 2.53. The summed E-state index contributed by atoms with van der Waals surface area (Å²) in [4.78, 5) is 0. The molecule has 0 aliphatic rings. The van der Waals surface area contributed by atoms with Gasteiger partial charge < -0.3 is 0 Å². The minimum atomic E-state index is 0.00553. The second-order valence-corrected chi connectivity index (χ2v) is 21.0. The van der Waals surface area contributed by atoms with Gasteiger partial charge in [-0.3, -0.25) is 0 Å². The van der Waals surface area contributed by atoms with Gasteiger partial charge in [0.1, 0.15) is 0 Å². The van der Waals surface area contributed by atoms with Crippen LogP contribution in [0.3, 0.4) is 0 Å². The molecule has 0 fully saturated rings. The van der Waals surface area contributed by atoms with Gasteiger partial charge in [-0.2, -0.15) is 0 Å². The van der Waals surface area contributed by atoms with Gasteiger partial charge in [0.15, 0.2) is 0 Å². The third kappa shape index (κ3) is 8.19. The molecule has 0 spiro atoms. The van der Waals surface area contributed by atoms with Gasteiger partial charge in [0.25, 0.3) is 0 Å². The van der Waals surface area contributed by atoms with Crippen molar-refractivity contribution in [2.24, 2.45) is 0 Å². The normalized spacial score (nSPS) is 15.2. The molecule has 0 heteroatoms. The standard InChI is InChI=1S/C43H72/c1-27(25-28-23-24-29(37(2,3)4)26-30(28)38(5,6)7)31-32(39(8,9)10)34(41(14,15)16)36(43(20,21)22)35(42(17,18)19)33(31)40(11,12)13/h23-24,26-27H,25H2,1-22H3. The Morgan fingerprint density at radius 2 is 0.744 bits per heavy atom. The van der Waals surface area contributed by atoms with Crippen LogP contribution in [0.5, 0.6) is 0 Å². The zero-order valence-corrected chi connectivity index (χ0v) is 33.0. The number of hydrogen-bond acceptors (Lipinski definition) is 0. The molecule has 0 aliphatic carbocycles. The molecule has 244 valence electrons. The molecule has 2 aromatic rings. The van der Waals surface area contributed by atoms with Crippen LogP contribution >= 0.6 is 0 Å². The van der Waals surface area contributed by atoms with Crippen LogP contribution in [0.1, 0.15) is 208 Å². The minimum Gasteiger partial charge on any atom is -0.0584 e. The SMILES string of the molecule is CC(Cc1ccc(C(C)(C)C)cc1C(C)(C)C)c1c(C(C)(C)C)c(C(C)(C)C)c(C(C)(C)C)c(C(C)(C)C)c1C(C)(C)C. The predicted molar refractivity (Wildman–Crippen MR) is 196 cm³/mol. The zero-order valence-electron chi connectivity index (χ0n) is 33.0. The van der Waals surface area contributed by atoms with E-state index in [9.17, 15) is 0 Å². The Labute approximate surface area is 270 Å². The monoisotopic (exact) mass is 589 g/mol. The van der Waals surface area contributed by atoms with E-state index >= 15 is 0 Å². The molecule has 0 amide bonds. The summed E-state index contributed by atoms with van der Waals surface area (Å²) in [5.74, 6) is 0.376. The molecule has 0 heterocycles. The van der Waals surface area contributed by atoms with Crippen molar-refractivity contribution < 1.29 is 0 Å². The van der Waals surface area contributed by atoms with Crippen LogP contribution < -0.4 is 0 Å². The van der Waals surface area contributed by atoms with Crippen LogP contribution in [-0.2, 0) is 44.3 Å². The number of benzene rings is 2. The minimum absolute atomic E-state index is 0.00553. The Morgan fingerprint density at radius 1 is 0.419 bits per heavy atom. The molecule has 1 unspecified atom stereocenters. The van der Waals surface area contributed by atoms with Crippen LogP contribution in [0, 0.1) is 0 Å². The molecule has 0 saturated heterocycles. The largest absolute Gasteiger partial charge is 0.0584 e. The summed E-state index contributed by atoms with van der Waals surface area (Å²) in [5.41, 5.74) is 14.3. The highest BCUT2D eigenvalue weighted by molar-refractivity contribution is 5.63. The average Bonchev–Trinajstić information content (AvgIpc) is 2.72. The van der Waals surface area contributed by atoms with E-state index in [0.717, 1.165) is 6.42 Å². The molecule has 0 N–H and O–H groups in total. The summed E-state index contributed by atoms with van der Waals surface area (Å²) < 4.78 is 0. The highest BCUT2D eigenvalue weighted by Gasteiger charge is 2.43. The summed E-state index contributed by atoms with van der Waals surface area (Å²) in [6.45, 7) is 53.5. The van der Waals surface area contributed by atoms with Crippen molar-refractivity contribution in [1.29, 1.82) is 0 Å². The molecule has 43 heavy (non-hydrogen) atoms. The van der Waals surface area contributed by atoms with Gasteiger partial charge in [-0.1, -0.05) is 171 Å². The Morgan fingerprint density at radius 3 is 1.02 bits per heavy atom. The van der Waals surface area contributed by atoms with Crippen LogP contribution in [0.2, 0.25) is 0 Å². The summed E-state index contributed by atoms with van der Waals surface area (Å²) in [6.07, 6.45) is 1.05. The summed E-state index contributed by atoms with van der Waals surface area (Å²) in [7, 11) is 0. The Hall–Kier alpha value is -1.56. The van der Waals surface area contributed by atoms with Gasteiger partial charge in [-0.15, -0.1) is 0 Å². The lowest BCUT2D eigenvalue weighted by Gasteiger charge is -2.47. The second kappa shape index (κ2) is 11.4.